The number of carbonyl (C=O) groups excluding carboxylic acids is 1. The number of benzene rings is 1. The number of pyridine rings is 1. The smallest absolute Gasteiger partial charge is 0.269 e. The molecule has 0 atom stereocenters. The van der Waals surface area contributed by atoms with Crippen LogP contribution >= 0.6 is 11.8 Å². The minimum absolute atomic E-state index is 0.0424. The number of hydrogen-bond acceptors (Lipinski definition) is 7. The van der Waals surface area contributed by atoms with Crippen molar-refractivity contribution in [3.05, 3.63) is 57.3 Å². The molecule has 1 amide bonds. The first kappa shape index (κ1) is 23.1. The number of rotatable bonds is 5. The van der Waals surface area contributed by atoms with Gasteiger partial charge in [-0.05, 0) is 49.4 Å². The van der Waals surface area contributed by atoms with Crippen LogP contribution in [0.1, 0.15) is 42.5 Å². The number of piperazine rings is 1. The number of hydrogen-bond donors (Lipinski definition) is 0. The molecule has 2 heterocycles. The van der Waals surface area contributed by atoms with Crippen molar-refractivity contribution in [2.75, 3.05) is 36.8 Å². The predicted octanol–water partition coefficient (Wildman–Crippen LogP) is 3.96. The topological polar surface area (TPSA) is 103 Å². The highest BCUT2D eigenvalue weighted by atomic mass is 32.2. The highest BCUT2D eigenvalue weighted by Gasteiger charge is 2.23. The van der Waals surface area contributed by atoms with E-state index < -0.39 is 4.92 Å². The molecule has 2 aliphatic rings. The van der Waals surface area contributed by atoms with Crippen molar-refractivity contribution in [1.29, 1.82) is 5.26 Å². The summed E-state index contributed by atoms with van der Waals surface area (Å²) < 4.78 is 0. The van der Waals surface area contributed by atoms with Crippen molar-refractivity contribution in [2.24, 2.45) is 0 Å². The fraction of sp³-hybridized carbons (Fsp3) is 0.458. The average Bonchev–Trinajstić information content (AvgIpc) is 2.83. The molecule has 172 valence electrons. The summed E-state index contributed by atoms with van der Waals surface area (Å²) in [6.07, 6.45) is 6.61. The van der Waals surface area contributed by atoms with Crippen LogP contribution in [0.5, 0.6) is 0 Å². The van der Waals surface area contributed by atoms with Gasteiger partial charge in [-0.3, -0.25) is 14.9 Å². The Kier molecular flexibility index (Phi) is 7.45. The number of anilines is 1. The summed E-state index contributed by atoms with van der Waals surface area (Å²) in [6, 6.07) is 10.8. The van der Waals surface area contributed by atoms with Crippen molar-refractivity contribution in [1.82, 2.24) is 9.88 Å². The zero-order valence-corrected chi connectivity index (χ0v) is 19.4. The molecule has 9 heteroatoms. The molecule has 0 N–H and O–H groups in total. The van der Waals surface area contributed by atoms with E-state index in [1.54, 1.807) is 12.1 Å². The monoisotopic (exact) mass is 465 g/mol. The Morgan fingerprint density at radius 2 is 1.79 bits per heavy atom. The van der Waals surface area contributed by atoms with E-state index in [2.05, 4.69) is 11.0 Å². The third-order valence-electron chi connectivity index (χ3n) is 6.28. The zero-order valence-electron chi connectivity index (χ0n) is 18.5. The standard InChI is InChI=1S/C24H27N5O3S/c25-16-19-15-18-5-3-1-2-4-6-22(18)26-24(19)33-17-23(30)28-13-11-27(12-14-28)20-7-9-21(10-8-20)29(31)32/h7-10,15H,1-6,11-14,17H2. The number of thioether (sulfide) groups is 1. The minimum atomic E-state index is -0.407. The molecule has 1 fully saturated rings. The van der Waals surface area contributed by atoms with E-state index in [4.69, 9.17) is 4.98 Å². The van der Waals surface area contributed by atoms with Crippen molar-refractivity contribution in [3.63, 3.8) is 0 Å². The quantitative estimate of drug-likeness (QED) is 0.374. The second kappa shape index (κ2) is 10.7. The lowest BCUT2D eigenvalue weighted by Crippen LogP contribution is -2.49. The molecule has 1 aliphatic heterocycles. The molecule has 1 aromatic carbocycles. The van der Waals surface area contributed by atoms with E-state index in [0.29, 0.717) is 36.8 Å². The van der Waals surface area contributed by atoms with Gasteiger partial charge in [-0.15, -0.1) is 0 Å². The highest BCUT2D eigenvalue weighted by Crippen LogP contribution is 2.27. The van der Waals surface area contributed by atoms with Gasteiger partial charge in [-0.25, -0.2) is 4.98 Å². The molecule has 0 unspecified atom stereocenters. The van der Waals surface area contributed by atoms with Gasteiger partial charge in [-0.2, -0.15) is 5.26 Å². The summed E-state index contributed by atoms with van der Waals surface area (Å²) >= 11 is 1.36. The first-order valence-corrected chi connectivity index (χ1v) is 12.4. The third kappa shape index (κ3) is 5.63. The molecule has 0 radical (unpaired) electrons. The van der Waals surface area contributed by atoms with Crippen molar-refractivity contribution in [3.8, 4) is 6.07 Å². The van der Waals surface area contributed by atoms with Gasteiger partial charge < -0.3 is 9.80 Å². The van der Waals surface area contributed by atoms with E-state index in [1.165, 1.54) is 42.3 Å². The number of fused-ring (bicyclic) bond motifs is 1. The molecule has 2 aromatic rings. The normalized spacial score (nSPS) is 16.3. The molecule has 1 saturated heterocycles. The number of aromatic nitrogens is 1. The molecule has 4 rings (SSSR count). The SMILES string of the molecule is N#Cc1cc2c(nc1SCC(=O)N1CCN(c3ccc([N+](=O)[O-])cc3)CC1)CCCCCC2. The number of nitro benzene ring substituents is 1. The maximum Gasteiger partial charge on any atom is 0.269 e. The van der Waals surface area contributed by atoms with Crippen LogP contribution in [0.25, 0.3) is 0 Å². The number of carbonyl (C=O) groups is 1. The van der Waals surface area contributed by atoms with Crippen molar-refractivity contribution in [2.45, 2.75) is 43.6 Å². The first-order valence-electron chi connectivity index (χ1n) is 11.4. The largest absolute Gasteiger partial charge is 0.368 e. The Morgan fingerprint density at radius 3 is 2.45 bits per heavy atom. The number of nitriles is 1. The average molecular weight is 466 g/mol. The van der Waals surface area contributed by atoms with Gasteiger partial charge in [0, 0.05) is 49.7 Å². The summed E-state index contributed by atoms with van der Waals surface area (Å²) in [5.41, 5.74) is 3.83. The Balaban J connectivity index is 1.33. The lowest BCUT2D eigenvalue weighted by Gasteiger charge is -2.36. The molecule has 0 bridgehead atoms. The van der Waals surface area contributed by atoms with Crippen LogP contribution in [0.3, 0.4) is 0 Å². The first-order chi connectivity index (χ1) is 16.0. The fourth-order valence-electron chi connectivity index (χ4n) is 4.38. The molecule has 0 spiro atoms. The third-order valence-corrected chi connectivity index (χ3v) is 7.25. The number of nitro groups is 1. The molecular weight excluding hydrogens is 438 g/mol. The molecule has 8 nitrogen and oxygen atoms in total. The van der Waals surface area contributed by atoms with Gasteiger partial charge >= 0.3 is 0 Å². The summed E-state index contributed by atoms with van der Waals surface area (Å²) in [5, 5.41) is 21.1. The lowest BCUT2D eigenvalue weighted by molar-refractivity contribution is -0.384. The number of nitrogens with zero attached hydrogens (tertiary/aromatic N) is 5. The van der Waals surface area contributed by atoms with Crippen LogP contribution in [0, 0.1) is 21.4 Å². The van der Waals surface area contributed by atoms with Crippen LogP contribution in [-0.4, -0.2) is 52.6 Å². The summed E-state index contributed by atoms with van der Waals surface area (Å²) in [5.74, 6) is 0.304. The van der Waals surface area contributed by atoms with E-state index in [1.807, 2.05) is 11.0 Å². The summed E-state index contributed by atoms with van der Waals surface area (Å²) in [4.78, 5) is 32.0. The Bertz CT molecular complexity index is 1060. The van der Waals surface area contributed by atoms with E-state index in [-0.39, 0.29) is 17.3 Å². The van der Waals surface area contributed by atoms with Crippen LogP contribution in [0.15, 0.2) is 35.4 Å². The van der Waals surface area contributed by atoms with Gasteiger partial charge in [-0.1, -0.05) is 24.6 Å². The maximum atomic E-state index is 12.8. The van der Waals surface area contributed by atoms with Crippen molar-refractivity contribution < 1.29 is 9.72 Å². The molecular formula is C24H27N5O3S. The zero-order chi connectivity index (χ0) is 23.2. The molecule has 1 aromatic heterocycles. The van der Waals surface area contributed by atoms with Gasteiger partial charge in [0.2, 0.25) is 5.91 Å². The molecule has 0 saturated carbocycles. The van der Waals surface area contributed by atoms with Crippen LogP contribution in [-0.2, 0) is 17.6 Å². The lowest BCUT2D eigenvalue weighted by atomic mass is 9.96. The Hall–Kier alpha value is -3.12. The van der Waals surface area contributed by atoms with Crippen LogP contribution in [0.4, 0.5) is 11.4 Å². The van der Waals surface area contributed by atoms with E-state index in [9.17, 15) is 20.2 Å². The van der Waals surface area contributed by atoms with E-state index in [0.717, 1.165) is 37.1 Å². The van der Waals surface area contributed by atoms with Crippen molar-refractivity contribution >= 4 is 29.0 Å². The number of amides is 1. The van der Waals surface area contributed by atoms with Gasteiger partial charge in [0.1, 0.15) is 11.1 Å². The summed E-state index contributed by atoms with van der Waals surface area (Å²) in [7, 11) is 0. The molecule has 1 aliphatic carbocycles. The van der Waals surface area contributed by atoms with Gasteiger partial charge in [0.15, 0.2) is 0 Å². The number of aryl methyl sites for hydroxylation is 2. The van der Waals surface area contributed by atoms with E-state index >= 15 is 0 Å². The van der Waals surface area contributed by atoms with Crippen LogP contribution in [0.2, 0.25) is 0 Å². The summed E-state index contributed by atoms with van der Waals surface area (Å²) in [6.45, 7) is 2.54. The van der Waals surface area contributed by atoms with Gasteiger partial charge in [0.05, 0.1) is 16.2 Å². The Labute approximate surface area is 197 Å². The fourth-order valence-corrected chi connectivity index (χ4v) is 5.26. The second-order valence-electron chi connectivity index (χ2n) is 8.40. The highest BCUT2D eigenvalue weighted by molar-refractivity contribution is 8.00. The predicted molar refractivity (Wildman–Crippen MR) is 127 cm³/mol. The second-order valence-corrected chi connectivity index (χ2v) is 9.37. The molecule has 33 heavy (non-hydrogen) atoms. The minimum Gasteiger partial charge on any atom is -0.368 e. The van der Waals surface area contributed by atoms with Gasteiger partial charge in [0.25, 0.3) is 5.69 Å². The Morgan fingerprint density at radius 1 is 1.09 bits per heavy atom. The maximum absolute atomic E-state index is 12.8. The van der Waals surface area contributed by atoms with Crippen LogP contribution < -0.4 is 4.90 Å². The number of non-ortho nitro benzene ring substituents is 1.